The van der Waals surface area contributed by atoms with E-state index in [9.17, 15) is 4.79 Å². The van der Waals surface area contributed by atoms with E-state index in [-0.39, 0.29) is 12.7 Å². The molecule has 1 N–H and O–H groups in total. The van der Waals surface area contributed by atoms with Gasteiger partial charge in [0.15, 0.2) is 11.5 Å². The molecule has 2 aliphatic heterocycles. The minimum Gasteiger partial charge on any atom is -0.454 e. The van der Waals surface area contributed by atoms with Crippen molar-refractivity contribution in [2.75, 3.05) is 17.0 Å². The van der Waals surface area contributed by atoms with Crippen molar-refractivity contribution in [1.82, 2.24) is 9.78 Å². The largest absolute Gasteiger partial charge is 0.454 e. The second kappa shape index (κ2) is 8.54. The van der Waals surface area contributed by atoms with Gasteiger partial charge in [-0.2, -0.15) is 10.4 Å². The zero-order valence-corrected chi connectivity index (χ0v) is 18.7. The fraction of sp³-hybridized carbons (Fsp3) is 0.148. The first-order chi connectivity index (χ1) is 17.2. The van der Waals surface area contributed by atoms with Crippen LogP contribution in [0.5, 0.6) is 11.5 Å². The van der Waals surface area contributed by atoms with E-state index < -0.39 is 6.17 Å². The van der Waals surface area contributed by atoms with E-state index in [1.165, 1.54) is 0 Å². The molecule has 0 radical (unpaired) electrons. The lowest BCUT2D eigenvalue weighted by Gasteiger charge is -2.38. The van der Waals surface area contributed by atoms with Crippen molar-refractivity contribution in [2.45, 2.75) is 19.1 Å². The number of nitrogens with zero attached hydrogens (tertiary/aromatic N) is 4. The third kappa shape index (κ3) is 3.63. The molecule has 0 saturated carbocycles. The van der Waals surface area contributed by atoms with Crippen LogP contribution in [0.25, 0.3) is 11.3 Å². The van der Waals surface area contributed by atoms with E-state index in [4.69, 9.17) is 19.8 Å². The van der Waals surface area contributed by atoms with Gasteiger partial charge in [-0.1, -0.05) is 42.5 Å². The third-order valence-corrected chi connectivity index (χ3v) is 6.15. The minimum absolute atomic E-state index is 0.132. The summed E-state index contributed by atoms with van der Waals surface area (Å²) in [6.07, 6.45) is 1.71. The van der Waals surface area contributed by atoms with Crippen molar-refractivity contribution in [1.29, 1.82) is 5.26 Å². The monoisotopic (exact) mass is 463 g/mol. The summed E-state index contributed by atoms with van der Waals surface area (Å²) in [6, 6.07) is 25.0. The van der Waals surface area contributed by atoms with E-state index in [1.54, 1.807) is 9.58 Å². The number of benzene rings is 3. The topological polar surface area (TPSA) is 92.4 Å². The first-order valence-electron chi connectivity index (χ1n) is 11.3. The molecule has 2 aliphatic rings. The standard InChI is InChI=1S/C27H21N5O3/c28-13-6-14-31-16-21(25(30-31)18-7-2-1-3-8-18)26-29-22-10-5-4-9-20(22)27(33)32(26)19-11-12-23-24(15-19)35-17-34-23/h1-5,7-12,15-16,26,29H,6,14,17H2. The number of carbonyl (C=O) groups is 1. The SMILES string of the molecule is N#CCCn1cc(C2Nc3ccccc3C(=O)N2c2ccc3c(c2)OCO3)c(-c2ccccc2)n1. The van der Waals surface area contributed by atoms with Crippen molar-refractivity contribution in [3.05, 3.63) is 90.1 Å². The highest BCUT2D eigenvalue weighted by atomic mass is 16.7. The van der Waals surface area contributed by atoms with Crippen LogP contribution in [0.4, 0.5) is 11.4 Å². The minimum atomic E-state index is -0.538. The molecule has 1 unspecified atom stereocenters. The van der Waals surface area contributed by atoms with Crippen molar-refractivity contribution in [3.63, 3.8) is 0 Å². The number of aryl methyl sites for hydroxylation is 1. The third-order valence-electron chi connectivity index (χ3n) is 6.15. The highest BCUT2D eigenvalue weighted by Crippen LogP contribution is 2.43. The molecule has 0 bridgehead atoms. The zero-order chi connectivity index (χ0) is 23.8. The van der Waals surface area contributed by atoms with E-state index in [2.05, 4.69) is 11.4 Å². The first-order valence-corrected chi connectivity index (χ1v) is 11.3. The van der Waals surface area contributed by atoms with Gasteiger partial charge in [-0.25, -0.2) is 0 Å². The highest BCUT2D eigenvalue weighted by Gasteiger charge is 2.37. The van der Waals surface area contributed by atoms with Crippen LogP contribution in [0, 0.1) is 11.3 Å². The van der Waals surface area contributed by atoms with Crippen LogP contribution in [0.15, 0.2) is 79.0 Å². The Labute approximate surface area is 201 Å². The molecular weight excluding hydrogens is 442 g/mol. The fourth-order valence-electron chi connectivity index (χ4n) is 4.51. The molecule has 0 aliphatic carbocycles. The number of fused-ring (bicyclic) bond motifs is 2. The average Bonchev–Trinajstić information content (AvgIpc) is 3.55. The number of hydrogen-bond acceptors (Lipinski definition) is 6. The van der Waals surface area contributed by atoms with Crippen LogP contribution in [0.3, 0.4) is 0 Å². The molecule has 1 atom stereocenters. The summed E-state index contributed by atoms with van der Waals surface area (Å²) in [7, 11) is 0. The summed E-state index contributed by atoms with van der Waals surface area (Å²) < 4.78 is 12.8. The Morgan fingerprint density at radius 3 is 2.69 bits per heavy atom. The van der Waals surface area contributed by atoms with Crippen molar-refractivity contribution < 1.29 is 14.3 Å². The number of para-hydroxylation sites is 1. The molecule has 4 aromatic rings. The predicted molar refractivity (Wildman–Crippen MR) is 130 cm³/mol. The lowest BCUT2D eigenvalue weighted by atomic mass is 10.0. The summed E-state index contributed by atoms with van der Waals surface area (Å²) >= 11 is 0. The normalized spacial score (nSPS) is 15.9. The summed E-state index contributed by atoms with van der Waals surface area (Å²) in [6.45, 7) is 0.610. The van der Waals surface area contributed by atoms with Gasteiger partial charge in [0, 0.05) is 29.1 Å². The van der Waals surface area contributed by atoms with E-state index >= 15 is 0 Å². The van der Waals surface area contributed by atoms with Gasteiger partial charge in [0.2, 0.25) is 6.79 Å². The number of nitriles is 1. The summed E-state index contributed by atoms with van der Waals surface area (Å²) in [4.78, 5) is 15.6. The van der Waals surface area contributed by atoms with Gasteiger partial charge in [0.05, 0.1) is 36.0 Å². The Morgan fingerprint density at radius 1 is 1.03 bits per heavy atom. The van der Waals surface area contributed by atoms with E-state index in [0.29, 0.717) is 35.7 Å². The number of amides is 1. The molecule has 3 aromatic carbocycles. The number of nitrogens with one attached hydrogen (secondary N) is 1. The predicted octanol–water partition coefficient (Wildman–Crippen LogP) is 4.96. The second-order valence-electron chi connectivity index (χ2n) is 8.28. The summed E-state index contributed by atoms with van der Waals surface area (Å²) in [5.41, 5.74) is 4.52. The molecule has 0 spiro atoms. The molecule has 1 amide bonds. The van der Waals surface area contributed by atoms with Gasteiger partial charge in [-0.3, -0.25) is 14.4 Å². The fourth-order valence-corrected chi connectivity index (χ4v) is 4.51. The van der Waals surface area contributed by atoms with E-state index in [0.717, 1.165) is 22.5 Å². The number of carbonyl (C=O) groups excluding carboxylic acids is 1. The first kappa shape index (κ1) is 20.8. The smallest absolute Gasteiger partial charge is 0.262 e. The Morgan fingerprint density at radius 2 is 1.83 bits per heavy atom. The number of rotatable bonds is 5. The lowest BCUT2D eigenvalue weighted by molar-refractivity contribution is 0.0975. The molecular formula is C27H21N5O3. The van der Waals surface area contributed by atoms with Crippen LogP contribution in [0.1, 0.15) is 28.5 Å². The quantitative estimate of drug-likeness (QED) is 0.450. The molecule has 3 heterocycles. The molecule has 6 rings (SSSR count). The van der Waals surface area contributed by atoms with Crippen molar-refractivity contribution in [2.24, 2.45) is 0 Å². The molecule has 0 saturated heterocycles. The van der Waals surface area contributed by atoms with Crippen LogP contribution >= 0.6 is 0 Å². The Bertz CT molecular complexity index is 1460. The Hall–Kier alpha value is -4.77. The summed E-state index contributed by atoms with van der Waals surface area (Å²) in [5.74, 6) is 1.12. The molecule has 1 aromatic heterocycles. The van der Waals surface area contributed by atoms with Gasteiger partial charge < -0.3 is 14.8 Å². The number of hydrogen-bond donors (Lipinski definition) is 1. The lowest BCUT2D eigenvalue weighted by Crippen LogP contribution is -2.43. The molecule has 8 nitrogen and oxygen atoms in total. The van der Waals surface area contributed by atoms with Crippen LogP contribution in [-0.2, 0) is 6.54 Å². The molecule has 35 heavy (non-hydrogen) atoms. The van der Waals surface area contributed by atoms with Crippen molar-refractivity contribution >= 4 is 17.3 Å². The van der Waals surface area contributed by atoms with Gasteiger partial charge in [0.25, 0.3) is 5.91 Å². The maximum Gasteiger partial charge on any atom is 0.262 e. The maximum atomic E-state index is 13.9. The number of ether oxygens (including phenoxy) is 2. The van der Waals surface area contributed by atoms with Crippen molar-refractivity contribution in [3.8, 4) is 28.8 Å². The van der Waals surface area contributed by atoms with E-state index in [1.807, 2.05) is 79.0 Å². The number of aromatic nitrogens is 2. The van der Waals surface area contributed by atoms with Crippen LogP contribution < -0.4 is 19.7 Å². The van der Waals surface area contributed by atoms with Crippen LogP contribution in [-0.4, -0.2) is 22.5 Å². The number of anilines is 2. The van der Waals surface area contributed by atoms with Gasteiger partial charge in [-0.05, 0) is 24.3 Å². The Balaban J connectivity index is 1.52. The molecule has 0 fully saturated rings. The highest BCUT2D eigenvalue weighted by molar-refractivity contribution is 6.12. The average molecular weight is 463 g/mol. The second-order valence-corrected chi connectivity index (χ2v) is 8.28. The van der Waals surface area contributed by atoms with Gasteiger partial charge in [0.1, 0.15) is 6.17 Å². The zero-order valence-electron chi connectivity index (χ0n) is 18.7. The molecule has 172 valence electrons. The summed E-state index contributed by atoms with van der Waals surface area (Å²) in [5, 5.41) is 17.5. The maximum absolute atomic E-state index is 13.9. The molecule has 8 heteroatoms. The Kier molecular flexibility index (Phi) is 5.08. The van der Waals surface area contributed by atoms with Gasteiger partial charge in [-0.15, -0.1) is 0 Å². The van der Waals surface area contributed by atoms with Gasteiger partial charge >= 0.3 is 0 Å². The van der Waals surface area contributed by atoms with Crippen LogP contribution in [0.2, 0.25) is 0 Å².